The number of carbonyl (C=O) groups excluding carboxylic acids is 1. The number of hydrogen-bond acceptors (Lipinski definition) is 4. The molecule has 0 unspecified atom stereocenters. The van der Waals surface area contributed by atoms with Gasteiger partial charge in [-0.3, -0.25) is 4.79 Å². The van der Waals surface area contributed by atoms with Crippen molar-refractivity contribution in [1.29, 1.82) is 0 Å². The van der Waals surface area contributed by atoms with E-state index in [0.717, 1.165) is 10.2 Å². The van der Waals surface area contributed by atoms with Crippen molar-refractivity contribution in [2.45, 2.75) is 13.5 Å². The molecule has 4 rings (SSSR count). The summed E-state index contributed by atoms with van der Waals surface area (Å²) in [6.45, 7) is 1.64. The number of rotatable bonds is 3. The first-order chi connectivity index (χ1) is 12.5. The molecule has 130 valence electrons. The number of fused-ring (bicyclic) bond motifs is 3. The summed E-state index contributed by atoms with van der Waals surface area (Å²) in [6, 6.07) is 11.4. The summed E-state index contributed by atoms with van der Waals surface area (Å²) in [6.07, 6.45) is 1.28. The number of nitrogens with one attached hydrogen (secondary N) is 1. The molecule has 0 radical (unpaired) electrons. The van der Waals surface area contributed by atoms with Crippen LogP contribution in [0.1, 0.15) is 5.56 Å². The summed E-state index contributed by atoms with van der Waals surface area (Å²) in [5.41, 5.74) is 1.82. The van der Waals surface area contributed by atoms with Crippen molar-refractivity contribution >= 4 is 28.1 Å². The summed E-state index contributed by atoms with van der Waals surface area (Å²) in [7, 11) is 0. The Labute approximate surface area is 146 Å². The topological polar surface area (TPSA) is 81.3 Å². The highest BCUT2D eigenvalue weighted by Gasteiger charge is 2.14. The molecule has 0 bridgehead atoms. The first-order valence-electron chi connectivity index (χ1n) is 7.92. The molecular weight excluding hydrogens is 337 g/mol. The summed E-state index contributed by atoms with van der Waals surface area (Å²) in [5.74, 6) is -0.790. The van der Waals surface area contributed by atoms with Gasteiger partial charge in [0.2, 0.25) is 5.91 Å². The highest BCUT2D eigenvalue weighted by atomic mass is 19.1. The van der Waals surface area contributed by atoms with Crippen LogP contribution in [0, 0.1) is 12.7 Å². The number of benzene rings is 2. The van der Waals surface area contributed by atoms with Crippen LogP contribution in [0.2, 0.25) is 0 Å². The third-order valence-electron chi connectivity index (χ3n) is 4.10. The molecule has 0 atom stereocenters. The summed E-state index contributed by atoms with van der Waals surface area (Å²) >= 11 is 0. The first kappa shape index (κ1) is 15.9. The number of carbonyl (C=O) groups is 1. The normalized spacial score (nSPS) is 11.2. The van der Waals surface area contributed by atoms with Crippen molar-refractivity contribution in [1.82, 2.24) is 19.2 Å². The average molecular weight is 351 g/mol. The molecule has 1 amide bonds. The van der Waals surface area contributed by atoms with Gasteiger partial charge in [0, 0.05) is 17.1 Å². The molecule has 0 saturated carbocycles. The van der Waals surface area contributed by atoms with Crippen LogP contribution < -0.4 is 11.0 Å². The standard InChI is InChI=1S/C18H14FN5O2/c1-11-4-2-3-5-14(11)21-16(25)9-24-18(26)23-10-20-15-8-12(19)6-7-13(15)17(23)22-24/h2-8,10H,9H2,1H3,(H,21,25). The highest BCUT2D eigenvalue weighted by Crippen LogP contribution is 2.16. The fourth-order valence-electron chi connectivity index (χ4n) is 2.77. The predicted octanol–water partition coefficient (Wildman–Crippen LogP) is 2.13. The van der Waals surface area contributed by atoms with E-state index >= 15 is 0 Å². The molecule has 0 saturated heterocycles. The van der Waals surface area contributed by atoms with Crippen LogP contribution in [-0.4, -0.2) is 25.1 Å². The van der Waals surface area contributed by atoms with Gasteiger partial charge in [0.05, 0.1) is 5.52 Å². The van der Waals surface area contributed by atoms with Gasteiger partial charge in [-0.1, -0.05) is 18.2 Å². The lowest BCUT2D eigenvalue weighted by Gasteiger charge is -2.07. The Bertz CT molecular complexity index is 1210. The van der Waals surface area contributed by atoms with E-state index in [9.17, 15) is 14.0 Å². The third kappa shape index (κ3) is 2.71. The molecule has 0 aliphatic heterocycles. The van der Waals surface area contributed by atoms with Gasteiger partial charge < -0.3 is 5.32 Å². The summed E-state index contributed by atoms with van der Waals surface area (Å²) in [4.78, 5) is 28.8. The van der Waals surface area contributed by atoms with Gasteiger partial charge in [0.1, 0.15) is 18.7 Å². The zero-order valence-electron chi connectivity index (χ0n) is 13.8. The summed E-state index contributed by atoms with van der Waals surface area (Å²) < 4.78 is 15.6. The Kier molecular flexibility index (Phi) is 3.72. The van der Waals surface area contributed by atoms with Crippen molar-refractivity contribution < 1.29 is 9.18 Å². The van der Waals surface area contributed by atoms with Crippen LogP contribution >= 0.6 is 0 Å². The minimum atomic E-state index is -0.487. The third-order valence-corrected chi connectivity index (χ3v) is 4.10. The SMILES string of the molecule is Cc1ccccc1NC(=O)Cn1nc2c3ccc(F)cc3ncn2c1=O. The minimum absolute atomic E-state index is 0.239. The van der Waals surface area contributed by atoms with Crippen LogP contribution in [0.15, 0.2) is 53.6 Å². The van der Waals surface area contributed by atoms with Crippen LogP contribution in [0.5, 0.6) is 0 Å². The van der Waals surface area contributed by atoms with E-state index in [4.69, 9.17) is 0 Å². The largest absolute Gasteiger partial charge is 0.352 e. The maximum Gasteiger partial charge on any atom is 0.352 e. The van der Waals surface area contributed by atoms with Gasteiger partial charge in [-0.2, -0.15) is 0 Å². The Balaban J connectivity index is 1.70. The molecule has 26 heavy (non-hydrogen) atoms. The molecule has 8 heteroatoms. The molecule has 2 aromatic carbocycles. The average Bonchev–Trinajstić information content (AvgIpc) is 2.93. The highest BCUT2D eigenvalue weighted by molar-refractivity contribution is 5.92. The molecular formula is C18H14FN5O2. The first-order valence-corrected chi connectivity index (χ1v) is 7.92. The molecule has 0 aliphatic carbocycles. The number of nitrogens with zero attached hydrogens (tertiary/aromatic N) is 4. The molecule has 0 spiro atoms. The van der Waals surface area contributed by atoms with Crippen LogP contribution in [0.3, 0.4) is 0 Å². The molecule has 0 aliphatic rings. The second-order valence-corrected chi connectivity index (χ2v) is 5.90. The molecule has 2 aromatic heterocycles. The minimum Gasteiger partial charge on any atom is -0.324 e. The lowest BCUT2D eigenvalue weighted by atomic mass is 10.2. The van der Waals surface area contributed by atoms with Gasteiger partial charge in [0.25, 0.3) is 0 Å². The van der Waals surface area contributed by atoms with Crippen molar-refractivity contribution in [3.63, 3.8) is 0 Å². The van der Waals surface area contributed by atoms with E-state index in [1.54, 1.807) is 6.07 Å². The van der Waals surface area contributed by atoms with Gasteiger partial charge in [0.15, 0.2) is 5.65 Å². The van der Waals surface area contributed by atoms with Gasteiger partial charge in [-0.05, 0) is 30.7 Å². The quantitative estimate of drug-likeness (QED) is 0.613. The molecule has 0 fully saturated rings. The Morgan fingerprint density at radius 3 is 2.85 bits per heavy atom. The van der Waals surface area contributed by atoms with Crippen molar-refractivity contribution in [3.05, 3.63) is 70.7 Å². The summed E-state index contributed by atoms with van der Waals surface area (Å²) in [5, 5.41) is 7.51. The molecule has 2 heterocycles. The maximum atomic E-state index is 13.3. The van der Waals surface area contributed by atoms with Crippen LogP contribution in [0.4, 0.5) is 10.1 Å². The zero-order valence-corrected chi connectivity index (χ0v) is 13.8. The van der Waals surface area contributed by atoms with E-state index in [2.05, 4.69) is 15.4 Å². The van der Waals surface area contributed by atoms with Crippen molar-refractivity contribution in [3.8, 4) is 0 Å². The van der Waals surface area contributed by atoms with Gasteiger partial charge >= 0.3 is 5.69 Å². The number of amides is 1. The smallest absolute Gasteiger partial charge is 0.324 e. The zero-order chi connectivity index (χ0) is 18.3. The monoisotopic (exact) mass is 351 g/mol. The fourth-order valence-corrected chi connectivity index (χ4v) is 2.77. The van der Waals surface area contributed by atoms with Crippen LogP contribution in [-0.2, 0) is 11.3 Å². The number of hydrogen-bond donors (Lipinski definition) is 1. The molecule has 4 aromatic rings. The predicted molar refractivity (Wildman–Crippen MR) is 94.5 cm³/mol. The second kappa shape index (κ2) is 6.07. The van der Waals surface area contributed by atoms with E-state index in [-0.39, 0.29) is 12.5 Å². The van der Waals surface area contributed by atoms with E-state index in [0.29, 0.717) is 22.2 Å². The van der Waals surface area contributed by atoms with Crippen molar-refractivity contribution in [2.75, 3.05) is 5.32 Å². The molecule has 7 nitrogen and oxygen atoms in total. The Morgan fingerprint density at radius 2 is 2.04 bits per heavy atom. The maximum absolute atomic E-state index is 13.3. The fraction of sp³-hybridized carbons (Fsp3) is 0.111. The lowest BCUT2D eigenvalue weighted by Crippen LogP contribution is -2.28. The van der Waals surface area contributed by atoms with Gasteiger partial charge in [-0.15, -0.1) is 5.10 Å². The molecule has 1 N–H and O–H groups in total. The second-order valence-electron chi connectivity index (χ2n) is 5.90. The number of aromatic nitrogens is 4. The van der Waals surface area contributed by atoms with Gasteiger partial charge in [-0.25, -0.2) is 23.3 Å². The number of aryl methyl sites for hydroxylation is 1. The lowest BCUT2D eigenvalue weighted by molar-refractivity contribution is -0.117. The number of para-hydroxylation sites is 1. The Morgan fingerprint density at radius 1 is 1.23 bits per heavy atom. The van der Waals surface area contributed by atoms with Crippen molar-refractivity contribution in [2.24, 2.45) is 0 Å². The van der Waals surface area contributed by atoms with E-state index in [1.807, 2.05) is 25.1 Å². The number of anilines is 1. The van der Waals surface area contributed by atoms with E-state index in [1.165, 1.54) is 28.9 Å². The Hall–Kier alpha value is -3.55. The van der Waals surface area contributed by atoms with E-state index < -0.39 is 11.5 Å². The van der Waals surface area contributed by atoms with Crippen LogP contribution in [0.25, 0.3) is 16.6 Å². The number of halogens is 1.